The van der Waals surface area contributed by atoms with Gasteiger partial charge in [-0.25, -0.2) is 0 Å². The van der Waals surface area contributed by atoms with Gasteiger partial charge in [0, 0.05) is 18.4 Å². The van der Waals surface area contributed by atoms with Gasteiger partial charge in [-0.05, 0) is 120 Å². The van der Waals surface area contributed by atoms with Crippen LogP contribution in [0.5, 0.6) is 11.5 Å². The number of rotatable bonds is 26. The van der Waals surface area contributed by atoms with Crippen molar-refractivity contribution in [1.82, 2.24) is 0 Å². The van der Waals surface area contributed by atoms with Crippen molar-refractivity contribution in [2.75, 3.05) is 0 Å². The second kappa shape index (κ2) is 24.7. The molecule has 0 aliphatic carbocycles. The van der Waals surface area contributed by atoms with Gasteiger partial charge in [-0.2, -0.15) is 0 Å². The van der Waals surface area contributed by atoms with Crippen molar-refractivity contribution in [2.45, 2.75) is 202 Å². The van der Waals surface area contributed by atoms with Gasteiger partial charge in [0.25, 0.3) is 0 Å². The maximum absolute atomic E-state index is 13.2. The molecule has 4 nitrogen and oxygen atoms in total. The number of hydrogen-bond donors (Lipinski definition) is 1. The molecule has 51 heavy (non-hydrogen) atoms. The molecular formula is C47H78O4. The average Bonchev–Trinajstić information content (AvgIpc) is 3.08. The first kappa shape index (κ1) is 44.7. The number of allylic oxidation sites excluding steroid dienone is 6. The minimum absolute atomic E-state index is 0.144. The van der Waals surface area contributed by atoms with E-state index in [1.54, 1.807) is 0 Å². The Morgan fingerprint density at radius 2 is 1.31 bits per heavy atom. The molecule has 4 heteroatoms. The lowest BCUT2D eigenvalue weighted by Crippen LogP contribution is -2.51. The van der Waals surface area contributed by atoms with Crippen LogP contribution in [0.25, 0.3) is 0 Å². The first-order valence-corrected chi connectivity index (χ1v) is 21.0. The normalized spacial score (nSPS) is 18.9. The number of hydrogen-bond acceptors (Lipinski definition) is 4. The van der Waals surface area contributed by atoms with E-state index < -0.39 is 5.60 Å². The molecule has 0 radical (unpaired) electrons. The molecule has 0 saturated carbocycles. The van der Waals surface area contributed by atoms with Crippen molar-refractivity contribution in [3.8, 4) is 11.5 Å². The fourth-order valence-corrected chi connectivity index (χ4v) is 7.45. The molecule has 1 unspecified atom stereocenters. The molecule has 1 aromatic rings. The molecule has 0 fully saturated rings. The highest BCUT2D eigenvalue weighted by Crippen LogP contribution is 2.45. The first-order chi connectivity index (χ1) is 24.4. The number of esters is 1. The van der Waals surface area contributed by atoms with Gasteiger partial charge < -0.3 is 14.6 Å². The zero-order chi connectivity index (χ0) is 37.6. The Balaban J connectivity index is 1.87. The number of carbonyl (C=O) groups excluding carboxylic acids is 1. The molecule has 0 spiro atoms. The Bertz CT molecular complexity index is 1220. The number of phenolic OH excluding ortho intramolecular Hbond substituents is 1. The van der Waals surface area contributed by atoms with Crippen LogP contribution in [0.2, 0.25) is 0 Å². The second-order valence-electron chi connectivity index (χ2n) is 16.6. The van der Waals surface area contributed by atoms with Gasteiger partial charge >= 0.3 is 5.97 Å². The van der Waals surface area contributed by atoms with Crippen molar-refractivity contribution < 1.29 is 19.4 Å². The third-order valence-corrected chi connectivity index (χ3v) is 11.3. The van der Waals surface area contributed by atoms with Crippen LogP contribution in [0.1, 0.15) is 186 Å². The van der Waals surface area contributed by atoms with Crippen molar-refractivity contribution in [3.05, 3.63) is 58.7 Å². The van der Waals surface area contributed by atoms with E-state index in [2.05, 4.69) is 78.0 Å². The van der Waals surface area contributed by atoms with Gasteiger partial charge in [-0.1, -0.05) is 129 Å². The topological polar surface area (TPSA) is 55.8 Å². The third kappa shape index (κ3) is 16.8. The highest BCUT2D eigenvalue weighted by atomic mass is 16.6. The van der Waals surface area contributed by atoms with Crippen LogP contribution in [0, 0.1) is 38.5 Å². The van der Waals surface area contributed by atoms with Crippen LogP contribution in [0.4, 0.5) is 0 Å². The number of phenols is 1. The Kier molecular flexibility index (Phi) is 21.6. The van der Waals surface area contributed by atoms with Crippen molar-refractivity contribution in [1.29, 1.82) is 0 Å². The van der Waals surface area contributed by atoms with Gasteiger partial charge in [0.1, 0.15) is 23.2 Å². The molecule has 1 N–H and O–H groups in total. The van der Waals surface area contributed by atoms with Gasteiger partial charge in [0.05, 0.1) is 0 Å². The summed E-state index contributed by atoms with van der Waals surface area (Å²) in [6.07, 6.45) is 34.9. The van der Waals surface area contributed by atoms with Crippen LogP contribution >= 0.6 is 0 Å². The summed E-state index contributed by atoms with van der Waals surface area (Å²) in [5, 5.41) is 10.8. The van der Waals surface area contributed by atoms with E-state index in [-0.39, 0.29) is 12.1 Å². The minimum Gasteiger partial charge on any atom is -0.507 e. The molecule has 1 aliphatic rings. The second-order valence-corrected chi connectivity index (χ2v) is 16.6. The zero-order valence-corrected chi connectivity index (χ0v) is 34.6. The minimum atomic E-state index is -0.602. The van der Waals surface area contributed by atoms with E-state index in [1.165, 1.54) is 64.2 Å². The standard InChI is InChI=1S/C47H78O4/c1-10-11-12-13-14-15-16-17-18-19-20-21-22-23-24-33-44(48)50-43-35-42-41(8)45(49)39(6)40(7)46(42)51-47(43,9)34-27-32-38(5)31-26-30-37(4)29-25-28-36(2)3/h14-15,17-18,20-21,36-38,43,49H,10-13,16,19,22-35H2,1-9H3/b15-14-,18-17-,21-20-/t37-,38+,43?,47-/m0/s1. The molecule has 1 aromatic carbocycles. The average molecular weight is 707 g/mol. The van der Waals surface area contributed by atoms with Crippen molar-refractivity contribution in [3.63, 3.8) is 0 Å². The Morgan fingerprint density at radius 3 is 1.90 bits per heavy atom. The van der Waals surface area contributed by atoms with Crippen molar-refractivity contribution >= 4 is 5.97 Å². The first-order valence-electron chi connectivity index (χ1n) is 21.0. The van der Waals surface area contributed by atoms with E-state index in [0.29, 0.717) is 24.5 Å². The lowest BCUT2D eigenvalue weighted by atomic mass is 9.81. The Labute approximate surface area is 315 Å². The van der Waals surface area contributed by atoms with E-state index in [9.17, 15) is 9.90 Å². The molecule has 2 rings (SSSR count). The molecule has 1 heterocycles. The van der Waals surface area contributed by atoms with Crippen LogP contribution in [-0.2, 0) is 16.0 Å². The van der Waals surface area contributed by atoms with Gasteiger partial charge in [-0.3, -0.25) is 4.79 Å². The number of aromatic hydroxyl groups is 1. The number of fused-ring (bicyclic) bond motifs is 1. The summed E-state index contributed by atoms with van der Waals surface area (Å²) in [5.41, 5.74) is 3.06. The summed E-state index contributed by atoms with van der Waals surface area (Å²) in [5.74, 6) is 3.35. The molecule has 0 aromatic heterocycles. The van der Waals surface area contributed by atoms with E-state index in [0.717, 1.165) is 91.2 Å². The zero-order valence-electron chi connectivity index (χ0n) is 34.6. The van der Waals surface area contributed by atoms with Crippen molar-refractivity contribution in [2.24, 2.45) is 17.8 Å². The quantitative estimate of drug-likeness (QED) is 0.0592. The third-order valence-electron chi connectivity index (χ3n) is 11.3. The highest BCUT2D eigenvalue weighted by molar-refractivity contribution is 5.70. The lowest BCUT2D eigenvalue weighted by Gasteiger charge is -2.43. The molecule has 0 amide bonds. The molecule has 0 bridgehead atoms. The molecule has 4 atom stereocenters. The molecule has 0 saturated heterocycles. The number of benzene rings is 1. The SMILES string of the molecule is CCCCC/C=C\C/C=C\C/C=C\CCCCC(=O)OC1Cc2c(C)c(O)c(C)c(C)c2O[C@@]1(C)CCC[C@H](C)CCC[C@@H](C)CCCC(C)C. The van der Waals surface area contributed by atoms with Gasteiger partial charge in [0.2, 0.25) is 0 Å². The van der Waals surface area contributed by atoms with E-state index >= 15 is 0 Å². The summed E-state index contributed by atoms with van der Waals surface area (Å²) in [6.45, 7) is 19.8. The summed E-state index contributed by atoms with van der Waals surface area (Å²) in [4.78, 5) is 13.2. The number of ether oxygens (including phenoxy) is 2. The summed E-state index contributed by atoms with van der Waals surface area (Å²) >= 11 is 0. The van der Waals surface area contributed by atoms with Crippen LogP contribution < -0.4 is 4.74 Å². The summed E-state index contributed by atoms with van der Waals surface area (Å²) in [6, 6.07) is 0. The number of unbranched alkanes of at least 4 members (excludes halogenated alkanes) is 5. The summed E-state index contributed by atoms with van der Waals surface area (Å²) in [7, 11) is 0. The van der Waals surface area contributed by atoms with Gasteiger partial charge in [0.15, 0.2) is 0 Å². The number of carbonyl (C=O) groups is 1. The maximum atomic E-state index is 13.2. The highest BCUT2D eigenvalue weighted by Gasteiger charge is 2.44. The van der Waals surface area contributed by atoms with Gasteiger partial charge in [-0.15, -0.1) is 0 Å². The lowest BCUT2D eigenvalue weighted by molar-refractivity contribution is -0.163. The predicted octanol–water partition coefficient (Wildman–Crippen LogP) is 14.0. The smallest absolute Gasteiger partial charge is 0.306 e. The molecule has 290 valence electrons. The largest absolute Gasteiger partial charge is 0.507 e. The molecule has 1 aliphatic heterocycles. The van der Waals surface area contributed by atoms with E-state index in [4.69, 9.17) is 9.47 Å². The fourth-order valence-electron chi connectivity index (χ4n) is 7.45. The molecular weight excluding hydrogens is 629 g/mol. The Hall–Kier alpha value is -2.49. The predicted molar refractivity (Wildman–Crippen MR) is 219 cm³/mol. The van der Waals surface area contributed by atoms with Crippen LogP contribution in [0.3, 0.4) is 0 Å². The fraction of sp³-hybridized carbons (Fsp3) is 0.723. The van der Waals surface area contributed by atoms with E-state index in [1.807, 2.05) is 20.8 Å². The Morgan fingerprint density at radius 1 is 0.765 bits per heavy atom. The summed E-state index contributed by atoms with van der Waals surface area (Å²) < 4.78 is 13.1. The maximum Gasteiger partial charge on any atom is 0.306 e. The van der Waals surface area contributed by atoms with Crippen LogP contribution in [-0.4, -0.2) is 22.8 Å². The monoisotopic (exact) mass is 707 g/mol. The van der Waals surface area contributed by atoms with Crippen LogP contribution in [0.15, 0.2) is 36.5 Å².